The van der Waals surface area contributed by atoms with Gasteiger partial charge in [0.15, 0.2) is 0 Å². The van der Waals surface area contributed by atoms with E-state index in [0.717, 1.165) is 17.0 Å². The predicted octanol–water partition coefficient (Wildman–Crippen LogP) is 2.67. The Morgan fingerprint density at radius 3 is 2.43 bits per heavy atom. The van der Waals surface area contributed by atoms with E-state index in [2.05, 4.69) is 17.1 Å². The minimum Gasteiger partial charge on any atom is -0.467 e. The van der Waals surface area contributed by atoms with Gasteiger partial charge in [-0.2, -0.15) is 0 Å². The summed E-state index contributed by atoms with van der Waals surface area (Å²) in [5.41, 5.74) is 3.49. The van der Waals surface area contributed by atoms with Gasteiger partial charge in [0.25, 0.3) is 5.91 Å². The van der Waals surface area contributed by atoms with Gasteiger partial charge in [-0.05, 0) is 17.7 Å². The van der Waals surface area contributed by atoms with Crippen molar-refractivity contribution >= 4 is 11.9 Å². The van der Waals surface area contributed by atoms with Gasteiger partial charge >= 0.3 is 5.97 Å². The van der Waals surface area contributed by atoms with E-state index >= 15 is 0 Å². The van der Waals surface area contributed by atoms with E-state index in [-0.39, 0.29) is 5.91 Å². The quantitative estimate of drug-likeness (QED) is 0.658. The number of rotatable bonds is 4. The zero-order valence-electron chi connectivity index (χ0n) is 15.6. The number of hydrogen-bond acceptors (Lipinski definition) is 4. The van der Waals surface area contributed by atoms with Gasteiger partial charge < -0.3 is 14.2 Å². The molecular weight excluding hydrogens is 354 g/mol. The van der Waals surface area contributed by atoms with Gasteiger partial charge in [0.1, 0.15) is 6.04 Å². The molecule has 0 saturated heterocycles. The zero-order valence-corrected chi connectivity index (χ0v) is 15.6. The van der Waals surface area contributed by atoms with Crippen LogP contribution in [-0.4, -0.2) is 39.5 Å². The molecule has 6 heteroatoms. The topological polar surface area (TPSA) is 64.4 Å². The third-order valence-corrected chi connectivity index (χ3v) is 5.07. The van der Waals surface area contributed by atoms with E-state index in [1.54, 1.807) is 23.4 Å². The molecule has 1 atom stereocenters. The average Bonchev–Trinajstić information content (AvgIpc) is 3.14. The Hall–Kier alpha value is -3.41. The van der Waals surface area contributed by atoms with Crippen molar-refractivity contribution in [3.8, 4) is 0 Å². The second-order valence-electron chi connectivity index (χ2n) is 6.79. The molecule has 2 heterocycles. The molecule has 0 saturated carbocycles. The van der Waals surface area contributed by atoms with Gasteiger partial charge in [-0.25, -0.2) is 9.78 Å². The van der Waals surface area contributed by atoms with Gasteiger partial charge in [0.2, 0.25) is 0 Å². The van der Waals surface area contributed by atoms with Crippen molar-refractivity contribution in [3.63, 3.8) is 0 Å². The lowest BCUT2D eigenvalue weighted by molar-refractivity contribution is -0.146. The van der Waals surface area contributed by atoms with Crippen LogP contribution in [-0.2, 0) is 29.0 Å². The van der Waals surface area contributed by atoms with Gasteiger partial charge in [-0.1, -0.05) is 48.5 Å². The molecule has 0 N–H and O–H groups in total. The van der Waals surface area contributed by atoms with Crippen molar-refractivity contribution in [2.24, 2.45) is 0 Å². The number of methoxy groups -OCH3 is 1. The van der Waals surface area contributed by atoms with Crippen LogP contribution in [0.5, 0.6) is 0 Å². The van der Waals surface area contributed by atoms with Crippen LogP contribution in [0.3, 0.4) is 0 Å². The van der Waals surface area contributed by atoms with Crippen molar-refractivity contribution in [2.45, 2.75) is 25.6 Å². The van der Waals surface area contributed by atoms with Crippen LogP contribution in [0.1, 0.15) is 27.3 Å². The fourth-order valence-electron chi connectivity index (χ4n) is 3.59. The van der Waals surface area contributed by atoms with Crippen LogP contribution in [0.4, 0.5) is 0 Å². The van der Waals surface area contributed by atoms with Crippen LogP contribution in [0.15, 0.2) is 67.0 Å². The van der Waals surface area contributed by atoms with E-state index in [1.807, 2.05) is 41.0 Å². The van der Waals surface area contributed by atoms with Crippen molar-refractivity contribution in [2.75, 3.05) is 7.11 Å². The van der Waals surface area contributed by atoms with Crippen molar-refractivity contribution in [3.05, 3.63) is 89.5 Å². The number of carbonyl (C=O) groups is 2. The van der Waals surface area contributed by atoms with Gasteiger partial charge in [0.05, 0.1) is 31.4 Å². The first-order chi connectivity index (χ1) is 13.7. The predicted molar refractivity (Wildman–Crippen MR) is 104 cm³/mol. The van der Waals surface area contributed by atoms with Crippen molar-refractivity contribution < 1.29 is 14.3 Å². The molecule has 28 heavy (non-hydrogen) atoms. The molecule has 1 aromatic heterocycles. The second-order valence-corrected chi connectivity index (χ2v) is 6.79. The molecule has 0 fully saturated rings. The Balaban J connectivity index is 1.67. The van der Waals surface area contributed by atoms with Crippen LogP contribution in [0, 0.1) is 0 Å². The third-order valence-electron chi connectivity index (χ3n) is 5.07. The first kappa shape index (κ1) is 18.0. The molecule has 2 aromatic carbocycles. The number of carbonyl (C=O) groups excluding carboxylic acids is 2. The second kappa shape index (κ2) is 7.68. The van der Waals surface area contributed by atoms with Crippen LogP contribution < -0.4 is 0 Å². The molecule has 0 unspecified atom stereocenters. The molecule has 4 rings (SSSR count). The fourth-order valence-corrected chi connectivity index (χ4v) is 3.59. The molecule has 6 nitrogen and oxygen atoms in total. The number of benzene rings is 2. The Labute approximate surface area is 163 Å². The molecule has 0 aliphatic carbocycles. The van der Waals surface area contributed by atoms with Crippen molar-refractivity contribution in [1.82, 2.24) is 14.5 Å². The number of amides is 1. The van der Waals surface area contributed by atoms with E-state index < -0.39 is 12.0 Å². The molecule has 0 spiro atoms. The SMILES string of the molecule is COC(=O)[C@H]1Cc2ncn(Cc3ccccc3)c2CN1C(=O)c1ccccc1. The molecule has 1 amide bonds. The van der Waals surface area contributed by atoms with E-state index in [0.29, 0.717) is 25.1 Å². The molecule has 142 valence electrons. The normalized spacial score (nSPS) is 15.8. The highest BCUT2D eigenvalue weighted by Gasteiger charge is 2.37. The summed E-state index contributed by atoms with van der Waals surface area (Å²) in [6, 6.07) is 18.4. The van der Waals surface area contributed by atoms with Gasteiger partial charge in [-0.3, -0.25) is 4.79 Å². The zero-order chi connectivity index (χ0) is 19.5. The number of ether oxygens (including phenoxy) is 1. The standard InChI is InChI=1S/C22H21N3O3/c1-28-22(27)19-12-18-20(14-25(19)21(26)17-10-6-3-7-11-17)24(15-23-18)13-16-8-4-2-5-9-16/h2-11,15,19H,12-14H2,1H3/t19-/m1/s1. The Kier molecular flexibility index (Phi) is 4.93. The third kappa shape index (κ3) is 3.41. The summed E-state index contributed by atoms with van der Waals surface area (Å²) in [6.07, 6.45) is 2.13. The van der Waals surface area contributed by atoms with Crippen LogP contribution >= 0.6 is 0 Å². The lowest BCUT2D eigenvalue weighted by Gasteiger charge is -2.34. The maximum Gasteiger partial charge on any atom is 0.329 e. The average molecular weight is 375 g/mol. The number of fused-ring (bicyclic) bond motifs is 1. The highest BCUT2D eigenvalue weighted by atomic mass is 16.5. The highest BCUT2D eigenvalue weighted by Crippen LogP contribution is 2.26. The lowest BCUT2D eigenvalue weighted by Crippen LogP contribution is -2.49. The lowest BCUT2D eigenvalue weighted by atomic mass is 10.0. The first-order valence-electron chi connectivity index (χ1n) is 9.18. The number of imidazole rings is 1. The first-order valence-corrected chi connectivity index (χ1v) is 9.18. The minimum absolute atomic E-state index is 0.186. The summed E-state index contributed by atoms with van der Waals surface area (Å²) >= 11 is 0. The Bertz CT molecular complexity index is 983. The van der Waals surface area contributed by atoms with E-state index in [9.17, 15) is 9.59 Å². The molecule has 0 radical (unpaired) electrons. The summed E-state index contributed by atoms with van der Waals surface area (Å²) in [4.78, 5) is 31.6. The summed E-state index contributed by atoms with van der Waals surface area (Å²) in [5, 5.41) is 0. The maximum absolute atomic E-state index is 13.1. The fraction of sp³-hybridized carbons (Fsp3) is 0.227. The van der Waals surface area contributed by atoms with Crippen LogP contribution in [0.2, 0.25) is 0 Å². The summed E-state index contributed by atoms with van der Waals surface area (Å²) in [5.74, 6) is -0.610. The number of esters is 1. The summed E-state index contributed by atoms with van der Waals surface area (Å²) in [7, 11) is 1.34. The highest BCUT2D eigenvalue weighted by molar-refractivity contribution is 5.97. The Morgan fingerprint density at radius 2 is 1.75 bits per heavy atom. The summed E-state index contributed by atoms with van der Waals surface area (Å²) < 4.78 is 7.00. The monoisotopic (exact) mass is 375 g/mol. The largest absolute Gasteiger partial charge is 0.467 e. The number of nitrogens with zero attached hydrogens (tertiary/aromatic N) is 3. The van der Waals surface area contributed by atoms with Gasteiger partial charge in [-0.15, -0.1) is 0 Å². The van der Waals surface area contributed by atoms with Gasteiger partial charge in [0, 0.05) is 18.5 Å². The Morgan fingerprint density at radius 1 is 1.07 bits per heavy atom. The molecular formula is C22H21N3O3. The summed E-state index contributed by atoms with van der Waals surface area (Å²) in [6.45, 7) is 0.981. The van der Waals surface area contributed by atoms with E-state index in [4.69, 9.17) is 4.74 Å². The number of aromatic nitrogens is 2. The molecule has 1 aliphatic heterocycles. The minimum atomic E-state index is -0.676. The molecule has 1 aliphatic rings. The molecule has 3 aromatic rings. The number of hydrogen-bond donors (Lipinski definition) is 0. The smallest absolute Gasteiger partial charge is 0.329 e. The molecule has 0 bridgehead atoms. The van der Waals surface area contributed by atoms with Crippen molar-refractivity contribution in [1.29, 1.82) is 0 Å². The van der Waals surface area contributed by atoms with E-state index in [1.165, 1.54) is 7.11 Å². The van der Waals surface area contributed by atoms with Crippen LogP contribution in [0.25, 0.3) is 0 Å². The maximum atomic E-state index is 13.1.